The van der Waals surface area contributed by atoms with Crippen LogP contribution in [-0.4, -0.2) is 34.4 Å². The van der Waals surface area contributed by atoms with Crippen molar-refractivity contribution in [2.24, 2.45) is 5.92 Å². The molecule has 2 atom stereocenters. The molecule has 0 spiro atoms. The Morgan fingerprint density at radius 3 is 2.61 bits per heavy atom. The lowest BCUT2D eigenvalue weighted by atomic mass is 9.92. The zero-order chi connectivity index (χ0) is 24.0. The van der Waals surface area contributed by atoms with Gasteiger partial charge in [0.25, 0.3) is 11.8 Å². The first-order valence-corrected chi connectivity index (χ1v) is 10.4. The molecule has 0 saturated carbocycles. The number of carbonyl (C=O) groups is 3. The van der Waals surface area contributed by atoms with Gasteiger partial charge in [0, 0.05) is 12.3 Å². The second-order valence-corrected chi connectivity index (χ2v) is 7.80. The molecule has 1 aromatic carbocycles. The predicted octanol–water partition coefficient (Wildman–Crippen LogP) is 3.50. The van der Waals surface area contributed by atoms with E-state index in [2.05, 4.69) is 16.5 Å². The van der Waals surface area contributed by atoms with Crippen molar-refractivity contribution in [2.75, 3.05) is 6.61 Å². The van der Waals surface area contributed by atoms with E-state index in [4.69, 9.17) is 14.5 Å². The number of benzene rings is 1. The molecule has 0 aliphatic heterocycles. The van der Waals surface area contributed by atoms with Gasteiger partial charge in [-0.05, 0) is 47.8 Å². The van der Waals surface area contributed by atoms with Gasteiger partial charge in [-0.25, -0.2) is 0 Å². The third-order valence-electron chi connectivity index (χ3n) is 5.15. The maximum Gasteiger partial charge on any atom is 0.268 e. The van der Waals surface area contributed by atoms with Gasteiger partial charge in [-0.2, -0.15) is 5.26 Å². The number of aromatic nitrogens is 2. The third kappa shape index (κ3) is 5.36. The molecule has 1 N–H and O–H groups in total. The molecule has 9 heteroatoms. The monoisotopic (exact) mass is 448 g/mol. The Balaban J connectivity index is 1.79. The average Bonchev–Trinajstić information content (AvgIpc) is 3.47. The minimum absolute atomic E-state index is 0.109. The van der Waals surface area contributed by atoms with Gasteiger partial charge in [0.2, 0.25) is 5.91 Å². The molecular formula is C24H24N4O5. The summed E-state index contributed by atoms with van der Waals surface area (Å²) >= 11 is 0. The van der Waals surface area contributed by atoms with E-state index in [0.717, 1.165) is 5.56 Å². The largest absolute Gasteiger partial charge is 0.468 e. The first-order chi connectivity index (χ1) is 15.8. The van der Waals surface area contributed by atoms with Crippen LogP contribution in [0.4, 0.5) is 0 Å². The molecule has 0 unspecified atom stereocenters. The van der Waals surface area contributed by atoms with Gasteiger partial charge in [0.05, 0.1) is 17.7 Å². The number of carbonyl (C=O) groups excluding carboxylic acids is 3. The number of hydrogen-bond acceptors (Lipinski definition) is 7. The Bertz CT molecular complexity index is 1170. The maximum atomic E-state index is 13.4. The van der Waals surface area contributed by atoms with E-state index in [1.165, 1.54) is 16.8 Å². The summed E-state index contributed by atoms with van der Waals surface area (Å²) in [4.78, 5) is 36.9. The van der Waals surface area contributed by atoms with Crippen molar-refractivity contribution in [3.8, 4) is 11.9 Å². The molecule has 0 saturated heterocycles. The van der Waals surface area contributed by atoms with Crippen molar-refractivity contribution in [3.63, 3.8) is 0 Å². The Hall–Kier alpha value is -4.19. The van der Waals surface area contributed by atoms with Crippen LogP contribution in [0.15, 0.2) is 53.2 Å². The SMILES string of the molecule is CC(C)[C@@H](C(=O)n1cccc1C(=O)N[C@@H](C)c1ccc(C#N)cc1)c1cc(OCC=O)no1. The lowest BCUT2D eigenvalue weighted by Crippen LogP contribution is -2.32. The number of aldehydes is 1. The molecule has 1 amide bonds. The highest BCUT2D eigenvalue weighted by Crippen LogP contribution is 2.29. The summed E-state index contributed by atoms with van der Waals surface area (Å²) in [5.41, 5.74) is 1.54. The first-order valence-electron chi connectivity index (χ1n) is 10.4. The Morgan fingerprint density at radius 2 is 1.97 bits per heavy atom. The smallest absolute Gasteiger partial charge is 0.268 e. The molecule has 2 aromatic heterocycles. The Morgan fingerprint density at radius 1 is 1.24 bits per heavy atom. The fourth-order valence-corrected chi connectivity index (χ4v) is 3.45. The lowest BCUT2D eigenvalue weighted by Gasteiger charge is -2.19. The van der Waals surface area contributed by atoms with Crippen LogP contribution in [-0.2, 0) is 4.79 Å². The minimum Gasteiger partial charge on any atom is -0.468 e. The molecule has 0 fully saturated rings. The minimum atomic E-state index is -0.721. The van der Waals surface area contributed by atoms with Crippen molar-refractivity contribution < 1.29 is 23.6 Å². The number of nitriles is 1. The number of nitrogens with one attached hydrogen (secondary N) is 1. The van der Waals surface area contributed by atoms with Gasteiger partial charge in [-0.1, -0.05) is 26.0 Å². The van der Waals surface area contributed by atoms with Gasteiger partial charge >= 0.3 is 0 Å². The topological polar surface area (TPSA) is 127 Å². The number of ether oxygens (including phenoxy) is 1. The number of nitrogens with zero attached hydrogens (tertiary/aromatic N) is 3. The third-order valence-corrected chi connectivity index (χ3v) is 5.15. The van der Waals surface area contributed by atoms with Gasteiger partial charge in [0.1, 0.15) is 18.2 Å². The van der Waals surface area contributed by atoms with Gasteiger partial charge in [-0.15, -0.1) is 0 Å². The summed E-state index contributed by atoms with van der Waals surface area (Å²) in [6.07, 6.45) is 2.11. The van der Waals surface area contributed by atoms with Crippen LogP contribution in [0, 0.1) is 17.2 Å². The standard InChI is InChI=1S/C24H24N4O5/c1-15(2)22(20-13-21(27-33-20)32-12-11-29)24(31)28-10-4-5-19(28)23(30)26-16(3)18-8-6-17(14-25)7-9-18/h4-11,13,15-16,22H,12H2,1-3H3,(H,26,30)/t16-,22+/m0/s1. The van der Waals surface area contributed by atoms with Crippen molar-refractivity contribution in [2.45, 2.75) is 32.7 Å². The lowest BCUT2D eigenvalue weighted by molar-refractivity contribution is -0.109. The summed E-state index contributed by atoms with van der Waals surface area (Å²) in [5, 5.41) is 15.6. The van der Waals surface area contributed by atoms with E-state index < -0.39 is 11.8 Å². The van der Waals surface area contributed by atoms with E-state index >= 15 is 0 Å². The number of hydrogen-bond donors (Lipinski definition) is 1. The summed E-state index contributed by atoms with van der Waals surface area (Å²) in [6, 6.07) is 13.3. The van der Waals surface area contributed by atoms with E-state index in [9.17, 15) is 14.4 Å². The Kier molecular flexibility index (Phi) is 7.41. The zero-order valence-electron chi connectivity index (χ0n) is 18.5. The molecule has 0 radical (unpaired) electrons. The summed E-state index contributed by atoms with van der Waals surface area (Å²) in [7, 11) is 0. The highest BCUT2D eigenvalue weighted by Gasteiger charge is 2.32. The van der Waals surface area contributed by atoms with Crippen LogP contribution >= 0.6 is 0 Å². The van der Waals surface area contributed by atoms with Crippen LogP contribution < -0.4 is 10.1 Å². The highest BCUT2D eigenvalue weighted by molar-refractivity contribution is 5.98. The second-order valence-electron chi connectivity index (χ2n) is 7.80. The van der Waals surface area contributed by atoms with Crippen LogP contribution in [0.25, 0.3) is 0 Å². The summed E-state index contributed by atoms with van der Waals surface area (Å²) < 4.78 is 11.7. The van der Waals surface area contributed by atoms with Crippen LogP contribution in [0.5, 0.6) is 5.88 Å². The molecule has 3 aromatic rings. The van der Waals surface area contributed by atoms with Crippen LogP contribution in [0.2, 0.25) is 0 Å². The number of rotatable bonds is 9. The fraction of sp³-hybridized carbons (Fsp3) is 0.292. The molecular weight excluding hydrogens is 424 g/mol. The van der Waals surface area contributed by atoms with Crippen molar-refractivity contribution >= 4 is 18.1 Å². The maximum absolute atomic E-state index is 13.4. The quantitative estimate of drug-likeness (QED) is 0.496. The van der Waals surface area contributed by atoms with Crippen molar-refractivity contribution in [3.05, 3.63) is 71.2 Å². The second kappa shape index (κ2) is 10.4. The first kappa shape index (κ1) is 23.5. The van der Waals surface area contributed by atoms with Crippen molar-refractivity contribution in [1.82, 2.24) is 15.0 Å². The molecule has 9 nitrogen and oxygen atoms in total. The average molecular weight is 448 g/mol. The number of amides is 1. The normalized spacial score (nSPS) is 12.6. The van der Waals surface area contributed by atoms with Gasteiger partial charge < -0.3 is 14.6 Å². The molecule has 33 heavy (non-hydrogen) atoms. The molecule has 0 bridgehead atoms. The zero-order valence-corrected chi connectivity index (χ0v) is 18.5. The van der Waals surface area contributed by atoms with Gasteiger partial charge in [-0.3, -0.25) is 19.0 Å². The van der Waals surface area contributed by atoms with Gasteiger partial charge in [0.15, 0.2) is 12.0 Å². The van der Waals surface area contributed by atoms with E-state index in [1.54, 1.807) is 36.4 Å². The molecule has 0 aliphatic rings. The van der Waals surface area contributed by atoms with Crippen molar-refractivity contribution in [1.29, 1.82) is 5.26 Å². The fourth-order valence-electron chi connectivity index (χ4n) is 3.45. The van der Waals surface area contributed by atoms with Crippen LogP contribution in [0.1, 0.15) is 64.9 Å². The predicted molar refractivity (Wildman–Crippen MR) is 118 cm³/mol. The Labute approximate surface area is 190 Å². The highest BCUT2D eigenvalue weighted by atomic mass is 16.5. The summed E-state index contributed by atoms with van der Waals surface area (Å²) in [6.45, 7) is 5.35. The molecule has 3 rings (SSSR count). The van der Waals surface area contributed by atoms with E-state index in [0.29, 0.717) is 11.8 Å². The van der Waals surface area contributed by atoms with E-state index in [-0.39, 0.29) is 41.8 Å². The van der Waals surface area contributed by atoms with E-state index in [1.807, 2.05) is 20.8 Å². The van der Waals surface area contributed by atoms with Crippen LogP contribution in [0.3, 0.4) is 0 Å². The molecule has 0 aliphatic carbocycles. The molecule has 170 valence electrons. The summed E-state index contributed by atoms with van der Waals surface area (Å²) in [5.74, 6) is -1.27. The molecule has 2 heterocycles.